The van der Waals surface area contributed by atoms with Crippen LogP contribution in [0.25, 0.3) is 0 Å². The van der Waals surface area contributed by atoms with Crippen LogP contribution in [-0.4, -0.2) is 4.98 Å². The molecule has 0 saturated heterocycles. The topological polar surface area (TPSA) is 24.9 Å². The molecule has 1 N–H and O–H groups in total. The van der Waals surface area contributed by atoms with Crippen molar-refractivity contribution >= 4 is 11.3 Å². The van der Waals surface area contributed by atoms with Gasteiger partial charge in [-0.2, -0.15) is 0 Å². The zero-order chi connectivity index (χ0) is 12.6. The molecule has 2 nitrogen and oxygen atoms in total. The Bertz CT molecular complexity index is 425. The van der Waals surface area contributed by atoms with E-state index in [1.807, 2.05) is 11.6 Å². The third-order valence-electron chi connectivity index (χ3n) is 3.03. The summed E-state index contributed by atoms with van der Waals surface area (Å²) in [5.74, 6) is 0. The standard InChI is InChI=1S/C15H20N2S/c1-2-3-9-14(13-7-5-4-6-8-13)17-12-15-16-10-11-18-15/h4-8,10-11,14,17H,2-3,9,12H2,1H3. The smallest absolute Gasteiger partial charge is 0.106 e. The van der Waals surface area contributed by atoms with Crippen molar-refractivity contribution in [2.75, 3.05) is 0 Å². The summed E-state index contributed by atoms with van der Waals surface area (Å²) >= 11 is 1.71. The summed E-state index contributed by atoms with van der Waals surface area (Å²) in [5.41, 5.74) is 1.38. The minimum absolute atomic E-state index is 0.440. The molecular formula is C15H20N2S. The van der Waals surface area contributed by atoms with Gasteiger partial charge in [-0.05, 0) is 12.0 Å². The molecule has 2 rings (SSSR count). The highest BCUT2D eigenvalue weighted by atomic mass is 32.1. The number of hydrogen-bond donors (Lipinski definition) is 1. The molecule has 2 aromatic rings. The Kier molecular flexibility index (Phi) is 5.36. The highest BCUT2D eigenvalue weighted by Gasteiger charge is 2.10. The van der Waals surface area contributed by atoms with E-state index in [-0.39, 0.29) is 0 Å². The first-order chi connectivity index (χ1) is 8.90. The highest BCUT2D eigenvalue weighted by Crippen LogP contribution is 2.20. The first-order valence-electron chi connectivity index (χ1n) is 6.57. The van der Waals surface area contributed by atoms with Crippen LogP contribution in [0, 0.1) is 0 Å². The van der Waals surface area contributed by atoms with E-state index in [0.29, 0.717) is 6.04 Å². The monoisotopic (exact) mass is 260 g/mol. The fourth-order valence-corrected chi connectivity index (χ4v) is 2.60. The summed E-state index contributed by atoms with van der Waals surface area (Å²) in [6.07, 6.45) is 5.55. The molecule has 1 aromatic carbocycles. The number of hydrogen-bond acceptors (Lipinski definition) is 3. The maximum Gasteiger partial charge on any atom is 0.106 e. The second-order valence-electron chi connectivity index (χ2n) is 4.41. The Morgan fingerprint density at radius 2 is 2.11 bits per heavy atom. The third-order valence-corrected chi connectivity index (χ3v) is 3.81. The van der Waals surface area contributed by atoms with Gasteiger partial charge in [-0.15, -0.1) is 11.3 Å². The fraction of sp³-hybridized carbons (Fsp3) is 0.400. The second-order valence-corrected chi connectivity index (χ2v) is 5.39. The molecule has 0 aliphatic rings. The number of nitrogens with one attached hydrogen (secondary N) is 1. The van der Waals surface area contributed by atoms with Gasteiger partial charge in [0.15, 0.2) is 0 Å². The summed E-state index contributed by atoms with van der Waals surface area (Å²) in [7, 11) is 0. The number of thiazole rings is 1. The lowest BCUT2D eigenvalue weighted by molar-refractivity contribution is 0.480. The van der Waals surface area contributed by atoms with E-state index in [1.54, 1.807) is 11.3 Å². The first kappa shape index (κ1) is 13.2. The number of nitrogens with zero attached hydrogens (tertiary/aromatic N) is 1. The van der Waals surface area contributed by atoms with Crippen molar-refractivity contribution in [3.63, 3.8) is 0 Å². The van der Waals surface area contributed by atoms with Gasteiger partial charge in [-0.3, -0.25) is 0 Å². The molecule has 1 unspecified atom stereocenters. The zero-order valence-corrected chi connectivity index (χ0v) is 11.6. The molecule has 0 saturated carbocycles. The van der Waals surface area contributed by atoms with Gasteiger partial charge < -0.3 is 5.32 Å². The lowest BCUT2D eigenvalue weighted by Gasteiger charge is -2.18. The van der Waals surface area contributed by atoms with Crippen molar-refractivity contribution in [2.45, 2.75) is 38.8 Å². The van der Waals surface area contributed by atoms with Crippen molar-refractivity contribution in [3.05, 3.63) is 52.5 Å². The van der Waals surface area contributed by atoms with Gasteiger partial charge >= 0.3 is 0 Å². The maximum absolute atomic E-state index is 4.32. The van der Waals surface area contributed by atoms with Gasteiger partial charge in [-0.25, -0.2) is 4.98 Å². The molecule has 0 amide bonds. The van der Waals surface area contributed by atoms with Crippen LogP contribution in [0.4, 0.5) is 0 Å². The summed E-state index contributed by atoms with van der Waals surface area (Å²) in [6, 6.07) is 11.1. The molecule has 3 heteroatoms. The molecule has 0 radical (unpaired) electrons. The molecule has 0 fully saturated rings. The van der Waals surface area contributed by atoms with Crippen LogP contribution >= 0.6 is 11.3 Å². The normalized spacial score (nSPS) is 12.5. The molecule has 18 heavy (non-hydrogen) atoms. The molecule has 0 aliphatic carbocycles. The quantitative estimate of drug-likeness (QED) is 0.808. The highest BCUT2D eigenvalue weighted by molar-refractivity contribution is 7.09. The molecule has 1 heterocycles. The number of rotatable bonds is 7. The van der Waals surface area contributed by atoms with Crippen LogP contribution in [0.15, 0.2) is 41.9 Å². The van der Waals surface area contributed by atoms with Gasteiger partial charge in [0.25, 0.3) is 0 Å². The van der Waals surface area contributed by atoms with E-state index in [0.717, 1.165) is 11.6 Å². The van der Waals surface area contributed by atoms with Gasteiger partial charge in [0.05, 0.1) is 0 Å². The summed E-state index contributed by atoms with van der Waals surface area (Å²) in [4.78, 5) is 4.32. The number of aromatic nitrogens is 1. The zero-order valence-electron chi connectivity index (χ0n) is 10.8. The van der Waals surface area contributed by atoms with Gasteiger partial charge in [-0.1, -0.05) is 50.1 Å². The van der Waals surface area contributed by atoms with E-state index in [4.69, 9.17) is 0 Å². The summed E-state index contributed by atoms with van der Waals surface area (Å²) < 4.78 is 0. The predicted octanol–water partition coefficient (Wildman–Crippen LogP) is 4.16. The molecule has 0 bridgehead atoms. The minimum atomic E-state index is 0.440. The van der Waals surface area contributed by atoms with E-state index < -0.39 is 0 Å². The molecule has 0 spiro atoms. The second kappa shape index (κ2) is 7.29. The van der Waals surface area contributed by atoms with Crippen LogP contribution in [0.5, 0.6) is 0 Å². The molecule has 0 aliphatic heterocycles. The van der Waals surface area contributed by atoms with Gasteiger partial charge in [0.1, 0.15) is 5.01 Å². The van der Waals surface area contributed by atoms with Crippen molar-refractivity contribution in [1.82, 2.24) is 10.3 Å². The Labute approximate surface area is 113 Å². The van der Waals surface area contributed by atoms with E-state index >= 15 is 0 Å². The van der Waals surface area contributed by atoms with Crippen molar-refractivity contribution in [2.24, 2.45) is 0 Å². The first-order valence-corrected chi connectivity index (χ1v) is 7.45. The van der Waals surface area contributed by atoms with Crippen LogP contribution in [0.2, 0.25) is 0 Å². The maximum atomic E-state index is 4.32. The fourth-order valence-electron chi connectivity index (χ4n) is 2.03. The average Bonchev–Trinajstić information content (AvgIpc) is 2.93. The van der Waals surface area contributed by atoms with Crippen LogP contribution in [0.3, 0.4) is 0 Å². The lowest BCUT2D eigenvalue weighted by atomic mass is 10.0. The molecule has 1 aromatic heterocycles. The van der Waals surface area contributed by atoms with Gasteiger partial charge in [0.2, 0.25) is 0 Å². The summed E-state index contributed by atoms with van der Waals surface area (Å²) in [5, 5.41) is 6.81. The van der Waals surface area contributed by atoms with E-state index in [9.17, 15) is 0 Å². The third kappa shape index (κ3) is 3.93. The molecule has 1 atom stereocenters. The van der Waals surface area contributed by atoms with Crippen molar-refractivity contribution < 1.29 is 0 Å². The number of benzene rings is 1. The average molecular weight is 260 g/mol. The van der Waals surface area contributed by atoms with Crippen molar-refractivity contribution in [3.8, 4) is 0 Å². The Hall–Kier alpha value is -1.19. The van der Waals surface area contributed by atoms with Crippen LogP contribution in [-0.2, 0) is 6.54 Å². The van der Waals surface area contributed by atoms with Crippen LogP contribution < -0.4 is 5.32 Å². The SMILES string of the molecule is CCCCC(NCc1nccs1)c1ccccc1. The van der Waals surface area contributed by atoms with Crippen molar-refractivity contribution in [1.29, 1.82) is 0 Å². The van der Waals surface area contributed by atoms with Crippen LogP contribution in [0.1, 0.15) is 42.8 Å². The van der Waals surface area contributed by atoms with Gasteiger partial charge in [0, 0.05) is 24.2 Å². The van der Waals surface area contributed by atoms with E-state index in [1.165, 1.54) is 24.8 Å². The molecule has 96 valence electrons. The number of unbranched alkanes of at least 4 members (excludes halogenated alkanes) is 1. The minimum Gasteiger partial charge on any atom is -0.304 e. The Morgan fingerprint density at radius 3 is 2.78 bits per heavy atom. The largest absolute Gasteiger partial charge is 0.304 e. The van der Waals surface area contributed by atoms with E-state index in [2.05, 4.69) is 47.6 Å². The Balaban J connectivity index is 1.96. The predicted molar refractivity (Wildman–Crippen MR) is 77.7 cm³/mol. The Morgan fingerprint density at radius 1 is 1.28 bits per heavy atom. The summed E-state index contributed by atoms with van der Waals surface area (Å²) in [6.45, 7) is 3.10. The molecular weight excluding hydrogens is 240 g/mol. The lowest BCUT2D eigenvalue weighted by Crippen LogP contribution is -2.20.